The first-order valence-corrected chi connectivity index (χ1v) is 11.3. The third-order valence-electron chi connectivity index (χ3n) is 6.50. The van der Waals surface area contributed by atoms with Crippen LogP contribution in [0.1, 0.15) is 54.2 Å². The van der Waals surface area contributed by atoms with Gasteiger partial charge in [0.1, 0.15) is 0 Å². The van der Waals surface area contributed by atoms with Crippen LogP contribution in [0, 0.1) is 0 Å². The highest BCUT2D eigenvalue weighted by Crippen LogP contribution is 2.33. The van der Waals surface area contributed by atoms with Crippen LogP contribution < -0.4 is 5.73 Å². The van der Waals surface area contributed by atoms with E-state index in [1.165, 1.54) is 24.8 Å². The molecule has 0 bridgehead atoms. The van der Waals surface area contributed by atoms with E-state index in [1.807, 2.05) is 23.1 Å². The fourth-order valence-corrected chi connectivity index (χ4v) is 4.86. The standard InChI is InChI=1S/C24H29N5O2/c25-24(30)23-21-13-18(6-7-22(21)29(27-23)20-4-2-1-3-5-20)19-12-17(14-26-15-19)16-28-8-10-31-11-9-28/h6-7,12-15,20H,1-5,8-11,16H2,(H2,25,30). The average Bonchev–Trinajstić information content (AvgIpc) is 3.20. The van der Waals surface area contributed by atoms with Crippen molar-refractivity contribution in [2.45, 2.75) is 44.7 Å². The van der Waals surface area contributed by atoms with Crippen molar-refractivity contribution in [2.75, 3.05) is 26.3 Å². The number of hydrogen-bond donors (Lipinski definition) is 1. The van der Waals surface area contributed by atoms with Gasteiger partial charge in [-0.3, -0.25) is 19.4 Å². The van der Waals surface area contributed by atoms with Gasteiger partial charge in [-0.05, 0) is 42.2 Å². The zero-order chi connectivity index (χ0) is 21.2. The fraction of sp³-hybridized carbons (Fsp3) is 0.458. The van der Waals surface area contributed by atoms with Crippen LogP contribution in [0.25, 0.3) is 22.0 Å². The maximum Gasteiger partial charge on any atom is 0.269 e. The molecule has 31 heavy (non-hydrogen) atoms. The van der Waals surface area contributed by atoms with Crippen LogP contribution >= 0.6 is 0 Å². The monoisotopic (exact) mass is 419 g/mol. The van der Waals surface area contributed by atoms with E-state index in [0.717, 1.165) is 67.7 Å². The van der Waals surface area contributed by atoms with E-state index in [-0.39, 0.29) is 0 Å². The lowest BCUT2D eigenvalue weighted by atomic mass is 9.95. The number of aromatic nitrogens is 3. The summed E-state index contributed by atoms with van der Waals surface area (Å²) in [4.78, 5) is 19.0. The van der Waals surface area contributed by atoms with Gasteiger partial charge < -0.3 is 10.5 Å². The van der Waals surface area contributed by atoms with Crippen molar-refractivity contribution < 1.29 is 9.53 Å². The molecule has 1 amide bonds. The topological polar surface area (TPSA) is 86.3 Å². The number of pyridine rings is 1. The van der Waals surface area contributed by atoms with Crippen molar-refractivity contribution in [1.82, 2.24) is 19.7 Å². The largest absolute Gasteiger partial charge is 0.379 e. The van der Waals surface area contributed by atoms with E-state index in [1.54, 1.807) is 0 Å². The van der Waals surface area contributed by atoms with Gasteiger partial charge in [-0.1, -0.05) is 25.3 Å². The summed E-state index contributed by atoms with van der Waals surface area (Å²) in [5, 5.41) is 5.48. The molecule has 7 nitrogen and oxygen atoms in total. The third-order valence-corrected chi connectivity index (χ3v) is 6.50. The second-order valence-corrected chi connectivity index (χ2v) is 8.65. The summed E-state index contributed by atoms with van der Waals surface area (Å²) in [5.74, 6) is -0.476. The maximum absolute atomic E-state index is 12.2. The molecule has 2 aromatic heterocycles. The summed E-state index contributed by atoms with van der Waals surface area (Å²) >= 11 is 0. The van der Waals surface area contributed by atoms with Crippen molar-refractivity contribution in [3.63, 3.8) is 0 Å². The number of rotatable bonds is 5. The molecule has 1 saturated heterocycles. The van der Waals surface area contributed by atoms with Gasteiger partial charge in [-0.2, -0.15) is 5.10 Å². The number of amides is 1. The third kappa shape index (κ3) is 4.20. The molecule has 2 fully saturated rings. The Labute approximate surface area is 182 Å². The molecule has 5 rings (SSSR count). The van der Waals surface area contributed by atoms with Crippen LogP contribution in [-0.4, -0.2) is 51.9 Å². The molecule has 1 aliphatic carbocycles. The summed E-state index contributed by atoms with van der Waals surface area (Å²) in [6.45, 7) is 4.31. The number of ether oxygens (including phenoxy) is 1. The normalized spacial score (nSPS) is 18.5. The predicted molar refractivity (Wildman–Crippen MR) is 120 cm³/mol. The van der Waals surface area contributed by atoms with E-state index in [9.17, 15) is 4.79 Å². The SMILES string of the molecule is NC(=O)c1nn(C2CCCCC2)c2ccc(-c3cncc(CN4CCOCC4)c3)cc12. The van der Waals surface area contributed by atoms with E-state index in [2.05, 4.69) is 33.2 Å². The molecule has 0 spiro atoms. The number of hydrogen-bond acceptors (Lipinski definition) is 5. The molecule has 2 aliphatic rings. The van der Waals surface area contributed by atoms with Gasteiger partial charge in [0.2, 0.25) is 0 Å². The zero-order valence-corrected chi connectivity index (χ0v) is 17.8. The van der Waals surface area contributed by atoms with Gasteiger partial charge in [-0.15, -0.1) is 0 Å². The summed E-state index contributed by atoms with van der Waals surface area (Å²) in [5.41, 5.74) is 10.3. The zero-order valence-electron chi connectivity index (χ0n) is 17.8. The Balaban J connectivity index is 1.48. The van der Waals surface area contributed by atoms with Gasteiger partial charge in [0, 0.05) is 43.0 Å². The highest BCUT2D eigenvalue weighted by Gasteiger charge is 2.22. The number of primary amides is 1. The van der Waals surface area contributed by atoms with Crippen LogP contribution in [0.3, 0.4) is 0 Å². The minimum absolute atomic E-state index is 0.341. The molecule has 162 valence electrons. The van der Waals surface area contributed by atoms with Gasteiger partial charge in [0.15, 0.2) is 5.69 Å². The van der Waals surface area contributed by atoms with E-state index < -0.39 is 5.91 Å². The molecule has 0 atom stereocenters. The summed E-state index contributed by atoms with van der Waals surface area (Å²) < 4.78 is 7.48. The molecule has 3 heterocycles. The second-order valence-electron chi connectivity index (χ2n) is 8.65. The van der Waals surface area contributed by atoms with Crippen LogP contribution in [0.2, 0.25) is 0 Å². The lowest BCUT2D eigenvalue weighted by Gasteiger charge is -2.26. The highest BCUT2D eigenvalue weighted by molar-refractivity contribution is 6.05. The Hall–Kier alpha value is -2.77. The van der Waals surface area contributed by atoms with Crippen LogP contribution in [0.5, 0.6) is 0 Å². The lowest BCUT2D eigenvalue weighted by molar-refractivity contribution is 0.0341. The molecule has 1 aliphatic heterocycles. The number of fused-ring (bicyclic) bond motifs is 1. The van der Waals surface area contributed by atoms with E-state index in [0.29, 0.717) is 11.7 Å². The van der Waals surface area contributed by atoms with Gasteiger partial charge in [-0.25, -0.2) is 0 Å². The first-order chi connectivity index (χ1) is 15.2. The summed E-state index contributed by atoms with van der Waals surface area (Å²) in [6.07, 6.45) is 9.69. The molecule has 1 aromatic carbocycles. The Kier molecular flexibility index (Phi) is 5.70. The van der Waals surface area contributed by atoms with Crippen molar-refractivity contribution in [2.24, 2.45) is 5.73 Å². The molecule has 3 aromatic rings. The first kappa shape index (κ1) is 20.2. The molecular weight excluding hydrogens is 390 g/mol. The summed E-state index contributed by atoms with van der Waals surface area (Å²) in [7, 11) is 0. The molecule has 0 unspecified atom stereocenters. The number of nitrogens with two attached hydrogens (primary N) is 1. The number of nitrogens with zero attached hydrogens (tertiary/aromatic N) is 4. The Morgan fingerprint density at radius 1 is 1.06 bits per heavy atom. The van der Waals surface area contributed by atoms with Crippen molar-refractivity contribution >= 4 is 16.8 Å². The molecule has 2 N–H and O–H groups in total. The van der Waals surface area contributed by atoms with E-state index in [4.69, 9.17) is 10.5 Å². The first-order valence-electron chi connectivity index (χ1n) is 11.3. The maximum atomic E-state index is 12.2. The van der Waals surface area contributed by atoms with E-state index >= 15 is 0 Å². The smallest absolute Gasteiger partial charge is 0.269 e. The molecule has 7 heteroatoms. The Morgan fingerprint density at radius 2 is 1.87 bits per heavy atom. The van der Waals surface area contributed by atoms with Gasteiger partial charge >= 0.3 is 0 Å². The van der Waals surface area contributed by atoms with Crippen LogP contribution in [0.4, 0.5) is 0 Å². The molecule has 1 saturated carbocycles. The van der Waals surface area contributed by atoms with Crippen molar-refractivity contribution in [1.29, 1.82) is 0 Å². The quantitative estimate of drug-likeness (QED) is 0.684. The van der Waals surface area contributed by atoms with Crippen molar-refractivity contribution in [3.8, 4) is 11.1 Å². The number of carbonyl (C=O) groups is 1. The minimum atomic E-state index is -0.476. The van der Waals surface area contributed by atoms with Crippen LogP contribution in [-0.2, 0) is 11.3 Å². The number of morpholine rings is 1. The number of benzene rings is 1. The van der Waals surface area contributed by atoms with Crippen molar-refractivity contribution in [3.05, 3.63) is 47.9 Å². The fourth-order valence-electron chi connectivity index (χ4n) is 4.86. The predicted octanol–water partition coefficient (Wildman–Crippen LogP) is 3.53. The Bertz CT molecular complexity index is 1080. The Morgan fingerprint density at radius 3 is 2.65 bits per heavy atom. The molecular formula is C24H29N5O2. The van der Waals surface area contributed by atoms with Gasteiger partial charge in [0.05, 0.1) is 24.8 Å². The minimum Gasteiger partial charge on any atom is -0.379 e. The number of carbonyl (C=O) groups excluding carboxylic acids is 1. The highest BCUT2D eigenvalue weighted by atomic mass is 16.5. The summed E-state index contributed by atoms with van der Waals surface area (Å²) in [6, 6.07) is 8.74. The molecule has 0 radical (unpaired) electrons. The lowest BCUT2D eigenvalue weighted by Crippen LogP contribution is -2.35. The van der Waals surface area contributed by atoms with Crippen LogP contribution in [0.15, 0.2) is 36.7 Å². The van der Waals surface area contributed by atoms with Gasteiger partial charge in [0.25, 0.3) is 5.91 Å². The average molecular weight is 420 g/mol. The second kappa shape index (κ2) is 8.77.